The quantitative estimate of drug-likeness (QED) is 0.740. The lowest BCUT2D eigenvalue weighted by molar-refractivity contribution is -0.140. The second kappa shape index (κ2) is 9.08. The number of carboxylic acid groups (broad SMARTS) is 1. The van der Waals surface area contributed by atoms with Gasteiger partial charge in [-0.15, -0.1) is 0 Å². The molecule has 1 saturated heterocycles. The van der Waals surface area contributed by atoms with Crippen LogP contribution in [-0.2, 0) is 16.0 Å². The molecule has 0 spiro atoms. The third-order valence-corrected chi connectivity index (χ3v) is 4.78. The Morgan fingerprint density at radius 2 is 2.07 bits per heavy atom. The highest BCUT2D eigenvalue weighted by molar-refractivity contribution is 5.69. The molecule has 1 fully saturated rings. The Hall–Kier alpha value is -2.28. The predicted molar refractivity (Wildman–Crippen MR) is 102 cm³/mol. The second-order valence-corrected chi connectivity index (χ2v) is 7.88. The normalized spacial score (nSPS) is 20.2. The summed E-state index contributed by atoms with van der Waals surface area (Å²) >= 11 is 0. The molecule has 2 N–H and O–H groups in total. The van der Waals surface area contributed by atoms with E-state index < -0.39 is 6.09 Å². The molecule has 1 aromatic rings. The molecule has 1 heterocycles. The van der Waals surface area contributed by atoms with Crippen molar-refractivity contribution in [3.8, 4) is 5.75 Å². The van der Waals surface area contributed by atoms with E-state index in [9.17, 15) is 14.7 Å². The number of ether oxygens (including phenoxy) is 2. The first-order valence-electron chi connectivity index (χ1n) is 9.24. The minimum atomic E-state index is -0.897. The summed E-state index contributed by atoms with van der Waals surface area (Å²) in [6.45, 7) is 7.57. The maximum absolute atomic E-state index is 11.6. The zero-order chi connectivity index (χ0) is 20.0. The van der Waals surface area contributed by atoms with Gasteiger partial charge in [-0.2, -0.15) is 0 Å². The van der Waals surface area contributed by atoms with Crippen LogP contribution in [0.15, 0.2) is 24.3 Å². The van der Waals surface area contributed by atoms with Crippen molar-refractivity contribution in [1.29, 1.82) is 0 Å². The van der Waals surface area contributed by atoms with Crippen molar-refractivity contribution in [2.24, 2.45) is 5.41 Å². The van der Waals surface area contributed by atoms with E-state index in [2.05, 4.69) is 10.1 Å². The Morgan fingerprint density at radius 1 is 1.33 bits per heavy atom. The molecule has 1 aliphatic heterocycles. The van der Waals surface area contributed by atoms with Crippen LogP contribution < -0.4 is 10.1 Å². The van der Waals surface area contributed by atoms with Gasteiger partial charge in [0.25, 0.3) is 0 Å². The van der Waals surface area contributed by atoms with Crippen molar-refractivity contribution in [3.05, 3.63) is 29.8 Å². The Balaban J connectivity index is 2.03. The lowest BCUT2D eigenvalue weighted by atomic mass is 9.80. The van der Waals surface area contributed by atoms with Crippen molar-refractivity contribution in [3.63, 3.8) is 0 Å². The highest BCUT2D eigenvalue weighted by Crippen LogP contribution is 2.29. The van der Waals surface area contributed by atoms with E-state index in [4.69, 9.17) is 4.74 Å². The minimum absolute atomic E-state index is 0.103. The second-order valence-electron chi connectivity index (χ2n) is 7.88. The van der Waals surface area contributed by atoms with Gasteiger partial charge in [0.05, 0.1) is 19.2 Å². The van der Waals surface area contributed by atoms with Crippen LogP contribution in [0.2, 0.25) is 0 Å². The SMILES string of the molecule is COC(=O)CCc1cccc(OCC2NCCN(C(=O)O)C2C(C)(C)C)c1. The van der Waals surface area contributed by atoms with Crippen LogP contribution in [-0.4, -0.2) is 61.0 Å². The van der Waals surface area contributed by atoms with Gasteiger partial charge in [-0.25, -0.2) is 4.79 Å². The zero-order valence-electron chi connectivity index (χ0n) is 16.5. The summed E-state index contributed by atoms with van der Waals surface area (Å²) in [6, 6.07) is 7.32. The Labute approximate surface area is 160 Å². The summed E-state index contributed by atoms with van der Waals surface area (Å²) in [6.07, 6.45) is 0.0125. The van der Waals surface area contributed by atoms with Crippen LogP contribution in [0.25, 0.3) is 0 Å². The van der Waals surface area contributed by atoms with E-state index in [1.54, 1.807) is 0 Å². The molecule has 0 radical (unpaired) electrons. The molecular formula is C20H30N2O5. The van der Waals surface area contributed by atoms with Crippen molar-refractivity contribution >= 4 is 12.1 Å². The monoisotopic (exact) mass is 378 g/mol. The Kier molecular flexibility index (Phi) is 7.07. The molecule has 1 aromatic carbocycles. The predicted octanol–water partition coefficient (Wildman–Crippen LogP) is 2.54. The maximum Gasteiger partial charge on any atom is 0.407 e. The first-order valence-corrected chi connectivity index (χ1v) is 9.24. The molecular weight excluding hydrogens is 348 g/mol. The maximum atomic E-state index is 11.6. The van der Waals surface area contributed by atoms with Crippen molar-refractivity contribution in [2.45, 2.75) is 45.7 Å². The molecule has 0 bridgehead atoms. The van der Waals surface area contributed by atoms with Gasteiger partial charge in [0, 0.05) is 19.5 Å². The number of piperazine rings is 1. The van der Waals surface area contributed by atoms with Crippen LogP contribution >= 0.6 is 0 Å². The average Bonchev–Trinajstić information content (AvgIpc) is 2.63. The highest BCUT2D eigenvalue weighted by Gasteiger charge is 2.41. The average molecular weight is 378 g/mol. The lowest BCUT2D eigenvalue weighted by Crippen LogP contribution is -2.65. The molecule has 1 aliphatic rings. The van der Waals surface area contributed by atoms with E-state index in [0.717, 1.165) is 5.56 Å². The van der Waals surface area contributed by atoms with Crippen molar-refractivity contribution < 1.29 is 24.2 Å². The first-order chi connectivity index (χ1) is 12.7. The smallest absolute Gasteiger partial charge is 0.407 e. The number of hydrogen-bond acceptors (Lipinski definition) is 5. The van der Waals surface area contributed by atoms with E-state index in [-0.39, 0.29) is 23.5 Å². The Morgan fingerprint density at radius 3 is 2.70 bits per heavy atom. The summed E-state index contributed by atoms with van der Waals surface area (Å²) < 4.78 is 10.6. The first kappa shape index (κ1) is 21.0. The van der Waals surface area contributed by atoms with Gasteiger partial charge in [-0.1, -0.05) is 32.9 Å². The van der Waals surface area contributed by atoms with Crippen LogP contribution in [0.4, 0.5) is 4.79 Å². The zero-order valence-corrected chi connectivity index (χ0v) is 16.5. The van der Waals surface area contributed by atoms with Crippen molar-refractivity contribution in [1.82, 2.24) is 10.2 Å². The van der Waals surface area contributed by atoms with Gasteiger partial charge >= 0.3 is 12.1 Å². The fourth-order valence-corrected chi connectivity index (χ4v) is 3.60. The molecule has 2 atom stereocenters. The number of hydrogen-bond donors (Lipinski definition) is 2. The van der Waals surface area contributed by atoms with Gasteiger partial charge in [0.1, 0.15) is 12.4 Å². The van der Waals surface area contributed by atoms with Gasteiger partial charge in [0.15, 0.2) is 0 Å². The number of esters is 1. The number of nitrogens with zero attached hydrogens (tertiary/aromatic N) is 1. The molecule has 7 nitrogen and oxygen atoms in total. The minimum Gasteiger partial charge on any atom is -0.492 e. The van der Waals surface area contributed by atoms with E-state index in [0.29, 0.717) is 38.3 Å². The Bertz CT molecular complexity index is 656. The molecule has 27 heavy (non-hydrogen) atoms. The summed E-state index contributed by atoms with van der Waals surface area (Å²) in [5, 5.41) is 13.0. The number of aryl methyl sites for hydroxylation is 1. The third-order valence-electron chi connectivity index (χ3n) is 4.78. The molecule has 2 unspecified atom stereocenters. The number of carbonyl (C=O) groups excluding carboxylic acids is 1. The molecule has 2 rings (SSSR count). The van der Waals surface area contributed by atoms with E-state index in [1.807, 2.05) is 45.0 Å². The van der Waals surface area contributed by atoms with Crippen LogP contribution in [0, 0.1) is 5.41 Å². The summed E-state index contributed by atoms with van der Waals surface area (Å²) in [4.78, 5) is 24.5. The number of rotatable bonds is 6. The number of methoxy groups -OCH3 is 1. The van der Waals surface area contributed by atoms with Gasteiger partial charge < -0.3 is 24.8 Å². The van der Waals surface area contributed by atoms with Crippen LogP contribution in [0.1, 0.15) is 32.8 Å². The van der Waals surface area contributed by atoms with E-state index in [1.165, 1.54) is 12.0 Å². The van der Waals surface area contributed by atoms with Crippen molar-refractivity contribution in [2.75, 3.05) is 26.8 Å². The van der Waals surface area contributed by atoms with Gasteiger partial charge in [-0.05, 0) is 29.5 Å². The molecule has 1 amide bonds. The molecule has 0 aliphatic carbocycles. The standard InChI is InChI=1S/C20H30N2O5/c1-20(2,3)18-16(21-10-11-22(18)19(24)25)13-27-15-7-5-6-14(12-15)8-9-17(23)26-4/h5-7,12,16,18,21H,8-11,13H2,1-4H3,(H,24,25). The fourth-order valence-electron chi connectivity index (χ4n) is 3.60. The molecule has 150 valence electrons. The molecule has 0 saturated carbocycles. The number of carbonyl (C=O) groups is 2. The summed E-state index contributed by atoms with van der Waals surface area (Å²) in [5.74, 6) is 0.466. The summed E-state index contributed by atoms with van der Waals surface area (Å²) in [5.41, 5.74) is 0.774. The molecule has 7 heteroatoms. The lowest BCUT2D eigenvalue weighted by Gasteiger charge is -2.46. The van der Waals surface area contributed by atoms with Crippen LogP contribution in [0.3, 0.4) is 0 Å². The number of amides is 1. The molecule has 0 aromatic heterocycles. The summed E-state index contributed by atoms with van der Waals surface area (Å²) in [7, 11) is 1.38. The fraction of sp³-hybridized carbons (Fsp3) is 0.600. The number of benzene rings is 1. The van der Waals surface area contributed by atoms with Gasteiger partial charge in [-0.3, -0.25) is 4.79 Å². The van der Waals surface area contributed by atoms with Crippen LogP contribution in [0.5, 0.6) is 5.75 Å². The van der Waals surface area contributed by atoms with E-state index >= 15 is 0 Å². The van der Waals surface area contributed by atoms with Gasteiger partial charge in [0.2, 0.25) is 0 Å². The topological polar surface area (TPSA) is 88.1 Å². The number of nitrogens with one attached hydrogen (secondary N) is 1. The third kappa shape index (κ3) is 5.85. The highest BCUT2D eigenvalue weighted by atomic mass is 16.5. The largest absolute Gasteiger partial charge is 0.492 e.